The number of halogens is 1. The van der Waals surface area contributed by atoms with Crippen molar-refractivity contribution in [3.05, 3.63) is 11.7 Å². The van der Waals surface area contributed by atoms with Crippen LogP contribution in [0.3, 0.4) is 0 Å². The zero-order valence-electron chi connectivity index (χ0n) is 9.14. The largest absolute Gasteiger partial charge is 0.339 e. The third-order valence-corrected chi connectivity index (χ3v) is 2.95. The van der Waals surface area contributed by atoms with Crippen LogP contribution in [0, 0.1) is 5.92 Å². The SMILES string of the molecule is CCC(N)c1noc(C2CC(C)C2)n1.Cl. The molecule has 1 saturated carbocycles. The van der Waals surface area contributed by atoms with Gasteiger partial charge in [0, 0.05) is 5.92 Å². The van der Waals surface area contributed by atoms with Crippen LogP contribution in [0.25, 0.3) is 0 Å². The summed E-state index contributed by atoms with van der Waals surface area (Å²) in [5.74, 6) is 2.72. The fourth-order valence-corrected chi connectivity index (χ4v) is 1.85. The molecule has 0 radical (unpaired) electrons. The topological polar surface area (TPSA) is 64.9 Å². The lowest BCUT2D eigenvalue weighted by molar-refractivity contribution is 0.227. The van der Waals surface area contributed by atoms with Crippen LogP contribution in [-0.2, 0) is 0 Å². The lowest BCUT2D eigenvalue weighted by Crippen LogP contribution is -2.19. The Morgan fingerprint density at radius 2 is 2.20 bits per heavy atom. The van der Waals surface area contributed by atoms with Gasteiger partial charge in [-0.05, 0) is 25.2 Å². The highest BCUT2D eigenvalue weighted by Gasteiger charge is 2.31. The zero-order valence-corrected chi connectivity index (χ0v) is 9.96. The Labute approximate surface area is 96.0 Å². The van der Waals surface area contributed by atoms with E-state index in [-0.39, 0.29) is 18.4 Å². The van der Waals surface area contributed by atoms with Crippen molar-refractivity contribution in [3.8, 4) is 0 Å². The molecule has 0 spiro atoms. The number of rotatable bonds is 3. The minimum atomic E-state index is -0.0787. The van der Waals surface area contributed by atoms with Crippen molar-refractivity contribution in [3.63, 3.8) is 0 Å². The second-order valence-corrected chi connectivity index (χ2v) is 4.28. The summed E-state index contributed by atoms with van der Waals surface area (Å²) >= 11 is 0. The van der Waals surface area contributed by atoms with Gasteiger partial charge < -0.3 is 10.3 Å². The van der Waals surface area contributed by atoms with Gasteiger partial charge in [-0.1, -0.05) is 19.0 Å². The Kier molecular flexibility index (Phi) is 4.11. The highest BCUT2D eigenvalue weighted by molar-refractivity contribution is 5.85. The van der Waals surface area contributed by atoms with Gasteiger partial charge >= 0.3 is 0 Å². The summed E-state index contributed by atoms with van der Waals surface area (Å²) in [6.07, 6.45) is 3.19. The van der Waals surface area contributed by atoms with Crippen LogP contribution in [0.1, 0.15) is 56.8 Å². The molecule has 1 aliphatic carbocycles. The molecule has 86 valence electrons. The lowest BCUT2D eigenvalue weighted by atomic mass is 9.76. The third kappa shape index (κ3) is 2.49. The molecular weight excluding hydrogens is 214 g/mol. The third-order valence-electron chi connectivity index (χ3n) is 2.95. The van der Waals surface area contributed by atoms with E-state index in [4.69, 9.17) is 10.3 Å². The highest BCUT2D eigenvalue weighted by atomic mass is 35.5. The Morgan fingerprint density at radius 1 is 1.53 bits per heavy atom. The van der Waals surface area contributed by atoms with Crippen molar-refractivity contribution >= 4 is 12.4 Å². The molecule has 1 unspecified atom stereocenters. The number of nitrogens with zero attached hydrogens (tertiary/aromatic N) is 2. The first-order chi connectivity index (χ1) is 6.70. The number of aromatic nitrogens is 2. The van der Waals surface area contributed by atoms with E-state index < -0.39 is 0 Å². The average molecular weight is 232 g/mol. The van der Waals surface area contributed by atoms with Crippen molar-refractivity contribution in [2.45, 2.75) is 45.1 Å². The minimum Gasteiger partial charge on any atom is -0.339 e. The van der Waals surface area contributed by atoms with Crippen LogP contribution in [0.5, 0.6) is 0 Å². The molecule has 1 aliphatic rings. The van der Waals surface area contributed by atoms with Gasteiger partial charge in [0.05, 0.1) is 6.04 Å². The van der Waals surface area contributed by atoms with Crippen LogP contribution in [0.15, 0.2) is 4.52 Å². The summed E-state index contributed by atoms with van der Waals surface area (Å²) in [4.78, 5) is 4.33. The second-order valence-electron chi connectivity index (χ2n) is 4.28. The zero-order chi connectivity index (χ0) is 10.1. The molecule has 0 bridgehead atoms. The van der Waals surface area contributed by atoms with Gasteiger partial charge in [0.15, 0.2) is 5.82 Å². The predicted molar refractivity (Wildman–Crippen MR) is 59.9 cm³/mol. The molecule has 0 amide bonds. The van der Waals surface area contributed by atoms with Gasteiger partial charge in [-0.15, -0.1) is 12.4 Å². The van der Waals surface area contributed by atoms with E-state index in [1.165, 1.54) is 12.8 Å². The van der Waals surface area contributed by atoms with Crippen LogP contribution in [0.2, 0.25) is 0 Å². The Morgan fingerprint density at radius 3 is 2.73 bits per heavy atom. The maximum Gasteiger partial charge on any atom is 0.229 e. The molecule has 0 aliphatic heterocycles. The molecule has 2 rings (SSSR count). The quantitative estimate of drug-likeness (QED) is 0.868. The molecule has 0 saturated heterocycles. The molecule has 1 aromatic heterocycles. The molecule has 2 N–H and O–H groups in total. The Bertz CT molecular complexity index is 309. The molecule has 1 fully saturated rings. The second kappa shape index (κ2) is 4.94. The highest BCUT2D eigenvalue weighted by Crippen LogP contribution is 2.40. The van der Waals surface area contributed by atoms with E-state index >= 15 is 0 Å². The first-order valence-corrected chi connectivity index (χ1v) is 5.29. The smallest absolute Gasteiger partial charge is 0.229 e. The fourth-order valence-electron chi connectivity index (χ4n) is 1.85. The van der Waals surface area contributed by atoms with Gasteiger partial charge in [-0.2, -0.15) is 4.98 Å². The summed E-state index contributed by atoms with van der Waals surface area (Å²) < 4.78 is 5.20. The molecule has 1 atom stereocenters. The maximum atomic E-state index is 5.81. The molecule has 0 aromatic carbocycles. The summed E-state index contributed by atoms with van der Waals surface area (Å²) in [6.45, 7) is 4.26. The monoisotopic (exact) mass is 231 g/mol. The summed E-state index contributed by atoms with van der Waals surface area (Å²) in [7, 11) is 0. The maximum absolute atomic E-state index is 5.81. The van der Waals surface area contributed by atoms with E-state index in [2.05, 4.69) is 17.1 Å². The fraction of sp³-hybridized carbons (Fsp3) is 0.800. The first-order valence-electron chi connectivity index (χ1n) is 5.29. The Balaban J connectivity index is 0.00000112. The normalized spacial score (nSPS) is 26.6. The van der Waals surface area contributed by atoms with Gasteiger partial charge in [0.25, 0.3) is 0 Å². The molecule has 15 heavy (non-hydrogen) atoms. The first kappa shape index (κ1) is 12.5. The molecule has 5 heteroatoms. The van der Waals surface area contributed by atoms with E-state index in [0.717, 1.165) is 18.2 Å². The standard InChI is InChI=1S/C10H17N3O.ClH/c1-3-8(11)9-12-10(14-13-9)7-4-6(2)5-7;/h6-8H,3-5,11H2,1-2H3;1H. The Hall–Kier alpha value is -0.610. The van der Waals surface area contributed by atoms with Crippen molar-refractivity contribution in [2.24, 2.45) is 11.7 Å². The predicted octanol–water partition coefficient (Wildman–Crippen LogP) is 2.41. The summed E-state index contributed by atoms with van der Waals surface area (Å²) in [5, 5.41) is 3.90. The molecule has 4 nitrogen and oxygen atoms in total. The van der Waals surface area contributed by atoms with Crippen LogP contribution in [0.4, 0.5) is 0 Å². The van der Waals surface area contributed by atoms with Crippen LogP contribution >= 0.6 is 12.4 Å². The van der Waals surface area contributed by atoms with E-state index in [0.29, 0.717) is 11.7 Å². The molecule has 1 heterocycles. The van der Waals surface area contributed by atoms with Crippen molar-refractivity contribution < 1.29 is 4.52 Å². The number of nitrogens with two attached hydrogens (primary N) is 1. The van der Waals surface area contributed by atoms with Crippen LogP contribution < -0.4 is 5.73 Å². The minimum absolute atomic E-state index is 0. The van der Waals surface area contributed by atoms with Crippen molar-refractivity contribution in [1.82, 2.24) is 10.1 Å². The van der Waals surface area contributed by atoms with E-state index in [9.17, 15) is 0 Å². The lowest BCUT2D eigenvalue weighted by Gasteiger charge is -2.29. The van der Waals surface area contributed by atoms with Crippen molar-refractivity contribution in [1.29, 1.82) is 0 Å². The molecule has 1 aromatic rings. The van der Waals surface area contributed by atoms with Gasteiger partial charge in [0.2, 0.25) is 5.89 Å². The summed E-state index contributed by atoms with van der Waals surface area (Å²) in [6, 6.07) is -0.0787. The number of hydrogen-bond acceptors (Lipinski definition) is 4. The van der Waals surface area contributed by atoms with Crippen molar-refractivity contribution in [2.75, 3.05) is 0 Å². The van der Waals surface area contributed by atoms with E-state index in [1.807, 2.05) is 6.92 Å². The number of hydrogen-bond donors (Lipinski definition) is 1. The average Bonchev–Trinajstić information content (AvgIpc) is 2.60. The summed E-state index contributed by atoms with van der Waals surface area (Å²) in [5.41, 5.74) is 5.81. The van der Waals surface area contributed by atoms with E-state index in [1.54, 1.807) is 0 Å². The molecular formula is C10H18ClN3O. The van der Waals surface area contributed by atoms with Gasteiger partial charge in [0.1, 0.15) is 0 Å². The van der Waals surface area contributed by atoms with Crippen LogP contribution in [-0.4, -0.2) is 10.1 Å². The van der Waals surface area contributed by atoms with Gasteiger partial charge in [-0.25, -0.2) is 0 Å². The van der Waals surface area contributed by atoms with Gasteiger partial charge in [-0.3, -0.25) is 0 Å².